The van der Waals surface area contributed by atoms with Crippen LogP contribution in [-0.2, 0) is 9.59 Å². The van der Waals surface area contributed by atoms with Crippen molar-refractivity contribution in [3.8, 4) is 5.75 Å². The number of carbonyl (C=O) groups is 3. The normalized spacial score (nSPS) is 18.1. The van der Waals surface area contributed by atoms with E-state index in [0.29, 0.717) is 56.2 Å². The number of carbonyl (C=O) groups excluding carboxylic acids is 3. The van der Waals surface area contributed by atoms with E-state index in [1.54, 1.807) is 35.0 Å². The maximum absolute atomic E-state index is 12.6. The molecule has 1 aromatic carbocycles. The third-order valence-corrected chi connectivity index (χ3v) is 4.27. The lowest BCUT2D eigenvalue weighted by molar-refractivity contribution is -0.119. The molecule has 0 bridgehead atoms. The number of hydrogen-bond donors (Lipinski definition) is 0. The fourth-order valence-corrected chi connectivity index (χ4v) is 2.80. The van der Waals surface area contributed by atoms with Crippen LogP contribution in [0, 0.1) is 0 Å². The second kappa shape index (κ2) is 6.28. The minimum Gasteiger partial charge on any atom is -0.491 e. The highest BCUT2D eigenvalue weighted by molar-refractivity contribution is 5.99. The van der Waals surface area contributed by atoms with Gasteiger partial charge >= 0.3 is 0 Å². The quantitative estimate of drug-likeness (QED) is 0.738. The molecule has 0 aromatic heterocycles. The van der Waals surface area contributed by atoms with Gasteiger partial charge in [-0.3, -0.25) is 14.4 Å². The average molecular weight is 317 g/mol. The predicted molar refractivity (Wildman–Crippen MR) is 83.5 cm³/mol. The number of ether oxygens (including phenoxy) is 1. The molecule has 0 unspecified atom stereocenters. The summed E-state index contributed by atoms with van der Waals surface area (Å²) < 4.78 is 5.57. The topological polar surface area (TPSA) is 70.2 Å². The van der Waals surface area contributed by atoms with Gasteiger partial charge in [-0.1, -0.05) is 0 Å². The van der Waals surface area contributed by atoms with Crippen molar-refractivity contribution >= 4 is 23.9 Å². The Morgan fingerprint density at radius 1 is 1.22 bits per heavy atom. The summed E-state index contributed by atoms with van der Waals surface area (Å²) in [6.07, 6.45) is 1.13. The van der Waals surface area contributed by atoms with Crippen LogP contribution in [0.25, 0.3) is 0 Å². The van der Waals surface area contributed by atoms with Gasteiger partial charge in [-0.2, -0.15) is 0 Å². The lowest BCUT2D eigenvalue weighted by Gasteiger charge is -2.32. The van der Waals surface area contributed by atoms with Crippen LogP contribution in [-0.4, -0.2) is 67.9 Å². The molecule has 1 fully saturated rings. The molecule has 0 spiro atoms. The molecule has 2 heterocycles. The third kappa shape index (κ3) is 2.99. The van der Waals surface area contributed by atoms with Gasteiger partial charge in [0.25, 0.3) is 5.91 Å². The highest BCUT2D eigenvalue weighted by Crippen LogP contribution is 2.31. The Morgan fingerprint density at radius 2 is 1.96 bits per heavy atom. The Balaban J connectivity index is 1.81. The number of fused-ring (bicyclic) bond motifs is 1. The highest BCUT2D eigenvalue weighted by atomic mass is 16.5. The number of rotatable bonds is 2. The van der Waals surface area contributed by atoms with E-state index < -0.39 is 0 Å². The monoisotopic (exact) mass is 317 g/mol. The van der Waals surface area contributed by atoms with Gasteiger partial charge in [-0.25, -0.2) is 0 Å². The van der Waals surface area contributed by atoms with Crippen LogP contribution in [0.4, 0.5) is 5.69 Å². The second-order valence-corrected chi connectivity index (χ2v) is 5.67. The summed E-state index contributed by atoms with van der Waals surface area (Å²) in [5.74, 6) is 0.483. The highest BCUT2D eigenvalue weighted by Gasteiger charge is 2.25. The maximum Gasteiger partial charge on any atom is 0.254 e. The van der Waals surface area contributed by atoms with Crippen LogP contribution < -0.4 is 9.64 Å². The Kier molecular flexibility index (Phi) is 4.18. The molecule has 0 N–H and O–H groups in total. The van der Waals surface area contributed by atoms with Crippen molar-refractivity contribution < 1.29 is 19.1 Å². The molecule has 122 valence electrons. The van der Waals surface area contributed by atoms with E-state index in [1.165, 1.54) is 4.90 Å². The molecule has 2 aliphatic heterocycles. The van der Waals surface area contributed by atoms with Crippen molar-refractivity contribution in [3.63, 3.8) is 0 Å². The van der Waals surface area contributed by atoms with Gasteiger partial charge < -0.3 is 19.4 Å². The van der Waals surface area contributed by atoms with E-state index in [4.69, 9.17) is 4.74 Å². The zero-order valence-corrected chi connectivity index (χ0v) is 13.0. The van der Waals surface area contributed by atoms with Crippen LogP contribution in [0.2, 0.25) is 0 Å². The first-order valence-corrected chi connectivity index (χ1v) is 7.62. The van der Waals surface area contributed by atoms with E-state index in [-0.39, 0.29) is 11.8 Å². The first kappa shape index (κ1) is 15.3. The number of benzene rings is 1. The SMILES string of the molecule is CN1C(=O)CCOc2ccc(C(=O)N3CCN(C=O)CC3)cc21. The number of piperazine rings is 1. The van der Waals surface area contributed by atoms with Crippen LogP contribution >= 0.6 is 0 Å². The number of anilines is 1. The Bertz CT molecular complexity index is 638. The minimum atomic E-state index is -0.0940. The molecule has 3 rings (SSSR count). The fourth-order valence-electron chi connectivity index (χ4n) is 2.80. The summed E-state index contributed by atoms with van der Waals surface area (Å²) >= 11 is 0. The van der Waals surface area contributed by atoms with Crippen LogP contribution in [0.3, 0.4) is 0 Å². The van der Waals surface area contributed by atoms with Gasteiger partial charge in [-0.15, -0.1) is 0 Å². The summed E-state index contributed by atoms with van der Waals surface area (Å²) in [6.45, 7) is 2.46. The molecule has 7 nitrogen and oxygen atoms in total. The zero-order valence-electron chi connectivity index (χ0n) is 13.0. The number of hydrogen-bond acceptors (Lipinski definition) is 4. The predicted octanol–water partition coefficient (Wildman–Crippen LogP) is 0.346. The summed E-state index contributed by atoms with van der Waals surface area (Å²) in [7, 11) is 1.69. The molecule has 0 aliphatic carbocycles. The van der Waals surface area contributed by atoms with Gasteiger partial charge in [-0.05, 0) is 18.2 Å². The van der Waals surface area contributed by atoms with E-state index in [2.05, 4.69) is 0 Å². The first-order valence-electron chi connectivity index (χ1n) is 7.62. The molecule has 0 atom stereocenters. The van der Waals surface area contributed by atoms with Crippen molar-refractivity contribution in [1.29, 1.82) is 0 Å². The van der Waals surface area contributed by atoms with Crippen LogP contribution in [0.1, 0.15) is 16.8 Å². The number of amides is 3. The lowest BCUT2D eigenvalue weighted by Crippen LogP contribution is -2.48. The van der Waals surface area contributed by atoms with Crippen molar-refractivity contribution in [1.82, 2.24) is 9.80 Å². The van der Waals surface area contributed by atoms with Gasteiger partial charge in [0.05, 0.1) is 18.7 Å². The summed E-state index contributed by atoms with van der Waals surface area (Å²) in [5, 5.41) is 0. The Hall–Kier alpha value is -2.57. The first-order chi connectivity index (χ1) is 11.1. The smallest absolute Gasteiger partial charge is 0.254 e. The Morgan fingerprint density at radius 3 is 2.65 bits per heavy atom. The minimum absolute atomic E-state index is 0.0343. The van der Waals surface area contributed by atoms with E-state index >= 15 is 0 Å². The summed E-state index contributed by atoms with van der Waals surface area (Å²) in [4.78, 5) is 40.2. The summed E-state index contributed by atoms with van der Waals surface area (Å²) in [5.41, 5.74) is 1.14. The lowest BCUT2D eigenvalue weighted by atomic mass is 10.1. The van der Waals surface area contributed by atoms with Gasteiger partial charge in [0.15, 0.2) is 0 Å². The summed E-state index contributed by atoms with van der Waals surface area (Å²) in [6, 6.07) is 5.16. The molecule has 23 heavy (non-hydrogen) atoms. The van der Waals surface area contributed by atoms with Crippen LogP contribution in [0.5, 0.6) is 5.75 Å². The molecule has 2 aliphatic rings. The molecule has 3 amide bonds. The van der Waals surface area contributed by atoms with Crippen molar-refractivity contribution in [3.05, 3.63) is 23.8 Å². The molecular weight excluding hydrogens is 298 g/mol. The van der Waals surface area contributed by atoms with Crippen molar-refractivity contribution in [2.45, 2.75) is 6.42 Å². The standard InChI is InChI=1S/C16H19N3O4/c1-17-13-10-12(2-3-14(13)23-9-4-15(17)21)16(22)19-7-5-18(11-20)6-8-19/h2-3,10-11H,4-9H2,1H3. The molecule has 1 aromatic rings. The molecule has 7 heteroatoms. The zero-order chi connectivity index (χ0) is 16.4. The fraction of sp³-hybridized carbons (Fsp3) is 0.438. The van der Waals surface area contributed by atoms with Crippen LogP contribution in [0.15, 0.2) is 18.2 Å². The molecule has 1 saturated heterocycles. The largest absolute Gasteiger partial charge is 0.491 e. The van der Waals surface area contributed by atoms with E-state index in [0.717, 1.165) is 6.41 Å². The van der Waals surface area contributed by atoms with Gasteiger partial charge in [0, 0.05) is 38.8 Å². The molecule has 0 radical (unpaired) electrons. The maximum atomic E-state index is 12.6. The Labute approximate surface area is 134 Å². The van der Waals surface area contributed by atoms with Gasteiger partial charge in [0.1, 0.15) is 5.75 Å². The van der Waals surface area contributed by atoms with Crippen molar-refractivity contribution in [2.75, 3.05) is 44.7 Å². The van der Waals surface area contributed by atoms with E-state index in [9.17, 15) is 14.4 Å². The molecule has 0 saturated carbocycles. The molecular formula is C16H19N3O4. The number of nitrogens with zero attached hydrogens (tertiary/aromatic N) is 3. The van der Waals surface area contributed by atoms with E-state index in [1.807, 2.05) is 0 Å². The van der Waals surface area contributed by atoms with Gasteiger partial charge in [0.2, 0.25) is 12.3 Å². The van der Waals surface area contributed by atoms with Crippen molar-refractivity contribution in [2.24, 2.45) is 0 Å². The second-order valence-electron chi connectivity index (χ2n) is 5.67. The third-order valence-electron chi connectivity index (χ3n) is 4.27. The average Bonchev–Trinajstić information content (AvgIpc) is 2.73.